The van der Waals surface area contributed by atoms with Crippen LogP contribution in [0.5, 0.6) is 0 Å². The van der Waals surface area contributed by atoms with E-state index in [0.717, 1.165) is 25.7 Å². The van der Waals surface area contributed by atoms with Crippen LogP contribution >= 0.6 is 0 Å². The smallest absolute Gasteiger partial charge is 0.156 e. The van der Waals surface area contributed by atoms with E-state index in [1.165, 1.54) is 0 Å². The summed E-state index contributed by atoms with van der Waals surface area (Å²) in [7, 11) is -3.03. The summed E-state index contributed by atoms with van der Waals surface area (Å²) in [5.41, 5.74) is -0.291. The summed E-state index contributed by atoms with van der Waals surface area (Å²) in [5, 5.41) is -0.389. The SMILES string of the molecule is CC12CC(S(=O)(=O)C3CCC4OC4(C)C3)CCC1O2. The fourth-order valence-corrected chi connectivity index (χ4v) is 6.89. The van der Waals surface area contributed by atoms with Gasteiger partial charge >= 0.3 is 0 Å². The van der Waals surface area contributed by atoms with Gasteiger partial charge in [0.25, 0.3) is 0 Å². The van der Waals surface area contributed by atoms with E-state index in [0.29, 0.717) is 25.0 Å². The third-order valence-corrected chi connectivity index (χ3v) is 8.43. The lowest BCUT2D eigenvalue weighted by molar-refractivity contribution is 0.300. The van der Waals surface area contributed by atoms with Crippen LogP contribution in [0.1, 0.15) is 52.4 Å². The highest BCUT2D eigenvalue weighted by Gasteiger charge is 2.61. The van der Waals surface area contributed by atoms with Gasteiger partial charge in [-0.3, -0.25) is 0 Å². The minimum atomic E-state index is -3.03. The highest BCUT2D eigenvalue weighted by atomic mass is 32.2. The Morgan fingerprint density at radius 1 is 0.842 bits per heavy atom. The largest absolute Gasteiger partial charge is 0.366 e. The van der Waals surface area contributed by atoms with Gasteiger partial charge in [-0.25, -0.2) is 8.42 Å². The average molecular weight is 286 g/mol. The van der Waals surface area contributed by atoms with Gasteiger partial charge in [0.05, 0.1) is 33.9 Å². The number of ether oxygens (including phenoxy) is 2. The van der Waals surface area contributed by atoms with Gasteiger partial charge in [-0.2, -0.15) is 0 Å². The number of fused-ring (bicyclic) bond motifs is 2. The van der Waals surface area contributed by atoms with Gasteiger partial charge in [0.2, 0.25) is 0 Å². The first-order valence-electron chi connectivity index (χ1n) is 7.42. The van der Waals surface area contributed by atoms with Gasteiger partial charge in [-0.15, -0.1) is 0 Å². The van der Waals surface area contributed by atoms with Crippen molar-refractivity contribution in [1.29, 1.82) is 0 Å². The van der Waals surface area contributed by atoms with Crippen molar-refractivity contribution in [3.63, 3.8) is 0 Å². The van der Waals surface area contributed by atoms with Crippen LogP contribution in [-0.4, -0.2) is 42.3 Å². The van der Waals surface area contributed by atoms with E-state index in [1.807, 2.05) is 0 Å². The van der Waals surface area contributed by atoms with Gasteiger partial charge in [0.15, 0.2) is 9.84 Å². The standard InChI is InChI=1S/C14H22O4S/c1-13-7-9(3-5-11(13)17-13)19(15,16)10-4-6-12-14(2,8-10)18-12/h9-12H,3-8H2,1-2H3. The molecule has 19 heavy (non-hydrogen) atoms. The molecule has 4 aliphatic rings. The molecule has 108 valence electrons. The van der Waals surface area contributed by atoms with Crippen molar-refractivity contribution in [3.05, 3.63) is 0 Å². The first kappa shape index (κ1) is 12.6. The molecular formula is C14H22O4S. The molecule has 0 radical (unpaired) electrons. The Hall–Kier alpha value is -0.130. The molecule has 4 rings (SSSR count). The molecule has 4 fully saturated rings. The molecule has 2 aliphatic heterocycles. The van der Waals surface area contributed by atoms with Crippen molar-refractivity contribution >= 4 is 9.84 Å². The van der Waals surface area contributed by atoms with E-state index in [2.05, 4.69) is 13.8 Å². The number of hydrogen-bond donors (Lipinski definition) is 0. The highest BCUT2D eigenvalue weighted by molar-refractivity contribution is 7.92. The van der Waals surface area contributed by atoms with Crippen molar-refractivity contribution in [3.8, 4) is 0 Å². The van der Waals surface area contributed by atoms with Crippen molar-refractivity contribution in [1.82, 2.24) is 0 Å². The maximum atomic E-state index is 12.8. The van der Waals surface area contributed by atoms with Crippen LogP contribution in [0.15, 0.2) is 0 Å². The van der Waals surface area contributed by atoms with Crippen LogP contribution in [0.2, 0.25) is 0 Å². The Morgan fingerprint density at radius 2 is 1.26 bits per heavy atom. The molecule has 0 aromatic rings. The highest BCUT2D eigenvalue weighted by Crippen LogP contribution is 2.52. The van der Waals surface area contributed by atoms with E-state index >= 15 is 0 Å². The molecule has 0 bridgehead atoms. The molecule has 2 aliphatic carbocycles. The maximum absolute atomic E-state index is 12.8. The van der Waals surface area contributed by atoms with E-state index < -0.39 is 9.84 Å². The molecule has 2 saturated carbocycles. The average Bonchev–Trinajstić information content (AvgIpc) is 3.19. The predicted octanol–water partition coefficient (Wildman–Crippen LogP) is 1.82. The normalized spacial score (nSPS) is 56.1. The second kappa shape index (κ2) is 3.55. The molecule has 6 unspecified atom stereocenters. The van der Waals surface area contributed by atoms with E-state index in [4.69, 9.17) is 9.47 Å². The lowest BCUT2D eigenvalue weighted by Crippen LogP contribution is -2.41. The quantitative estimate of drug-likeness (QED) is 0.727. The van der Waals surface area contributed by atoms with Crippen molar-refractivity contribution in [2.45, 2.75) is 86.3 Å². The van der Waals surface area contributed by atoms with Crippen molar-refractivity contribution in [2.24, 2.45) is 0 Å². The third kappa shape index (κ3) is 1.81. The van der Waals surface area contributed by atoms with E-state index in [9.17, 15) is 8.42 Å². The van der Waals surface area contributed by atoms with Crippen LogP contribution in [-0.2, 0) is 19.3 Å². The molecule has 0 aromatic heterocycles. The Labute approximate surface area is 114 Å². The summed E-state index contributed by atoms with van der Waals surface area (Å²) in [5.74, 6) is 0. The molecule has 0 N–H and O–H groups in total. The Bertz CT molecular complexity index is 476. The minimum Gasteiger partial charge on any atom is -0.366 e. The summed E-state index contributed by atoms with van der Waals surface area (Å²) in [6, 6.07) is 0. The number of rotatable bonds is 2. The predicted molar refractivity (Wildman–Crippen MR) is 70.8 cm³/mol. The summed E-state index contributed by atoms with van der Waals surface area (Å²) in [6.07, 6.45) is 5.39. The van der Waals surface area contributed by atoms with E-state index in [-0.39, 0.29) is 21.7 Å². The lowest BCUT2D eigenvalue weighted by atomic mass is 9.90. The molecule has 0 aromatic carbocycles. The molecule has 0 amide bonds. The molecule has 5 heteroatoms. The summed E-state index contributed by atoms with van der Waals surface area (Å²) in [4.78, 5) is 0. The zero-order valence-corrected chi connectivity index (χ0v) is 12.4. The fourth-order valence-electron chi connectivity index (χ4n) is 4.29. The summed E-state index contributed by atoms with van der Waals surface area (Å²) >= 11 is 0. The summed E-state index contributed by atoms with van der Waals surface area (Å²) in [6.45, 7) is 4.11. The lowest BCUT2D eigenvalue weighted by Gasteiger charge is -2.30. The molecule has 4 nitrogen and oxygen atoms in total. The van der Waals surface area contributed by atoms with Gasteiger partial charge in [-0.05, 0) is 52.4 Å². The molecule has 2 heterocycles. The molecule has 2 saturated heterocycles. The zero-order chi connectivity index (χ0) is 13.5. The number of hydrogen-bond acceptors (Lipinski definition) is 4. The molecular weight excluding hydrogens is 264 g/mol. The van der Waals surface area contributed by atoms with Crippen LogP contribution < -0.4 is 0 Å². The van der Waals surface area contributed by atoms with Gasteiger partial charge in [0.1, 0.15) is 0 Å². The monoisotopic (exact) mass is 286 g/mol. The second-order valence-corrected chi connectivity index (χ2v) is 9.75. The first-order chi connectivity index (χ1) is 8.83. The van der Waals surface area contributed by atoms with E-state index in [1.54, 1.807) is 0 Å². The fraction of sp³-hybridized carbons (Fsp3) is 1.00. The first-order valence-corrected chi connectivity index (χ1v) is 9.03. The minimum absolute atomic E-state index is 0.146. The Kier molecular flexibility index (Phi) is 2.35. The number of epoxide rings is 2. The third-order valence-electron chi connectivity index (χ3n) is 5.77. The number of sulfone groups is 1. The second-order valence-electron chi connectivity index (χ2n) is 7.23. The Balaban J connectivity index is 1.52. The van der Waals surface area contributed by atoms with Gasteiger partial charge < -0.3 is 9.47 Å². The Morgan fingerprint density at radius 3 is 1.63 bits per heavy atom. The van der Waals surface area contributed by atoms with Gasteiger partial charge in [-0.1, -0.05) is 0 Å². The summed E-state index contributed by atoms with van der Waals surface area (Å²) < 4.78 is 37.0. The van der Waals surface area contributed by atoms with Crippen LogP contribution in [0.4, 0.5) is 0 Å². The van der Waals surface area contributed by atoms with Crippen LogP contribution in [0.3, 0.4) is 0 Å². The van der Waals surface area contributed by atoms with Crippen molar-refractivity contribution < 1.29 is 17.9 Å². The topological polar surface area (TPSA) is 59.2 Å². The van der Waals surface area contributed by atoms with Crippen molar-refractivity contribution in [2.75, 3.05) is 0 Å². The van der Waals surface area contributed by atoms with Crippen LogP contribution in [0, 0.1) is 0 Å². The van der Waals surface area contributed by atoms with Crippen LogP contribution in [0.25, 0.3) is 0 Å². The zero-order valence-electron chi connectivity index (χ0n) is 11.6. The molecule has 6 atom stereocenters. The maximum Gasteiger partial charge on any atom is 0.156 e. The molecule has 0 spiro atoms. The van der Waals surface area contributed by atoms with Gasteiger partial charge in [0, 0.05) is 0 Å².